The van der Waals surface area contributed by atoms with Gasteiger partial charge in [0, 0.05) is 36.8 Å². The maximum Gasteiger partial charge on any atom is 0.254 e. The van der Waals surface area contributed by atoms with E-state index in [2.05, 4.69) is 22.4 Å². The van der Waals surface area contributed by atoms with Crippen LogP contribution in [-0.2, 0) is 0 Å². The molecule has 1 N–H and O–H groups in total. The highest BCUT2D eigenvalue weighted by Gasteiger charge is 2.28. The maximum absolute atomic E-state index is 13.1. The summed E-state index contributed by atoms with van der Waals surface area (Å²) in [5.41, 5.74) is 2.80. The molecule has 0 aliphatic carbocycles. The molecule has 4 nitrogen and oxygen atoms in total. The Balaban J connectivity index is 1.67. The molecule has 1 aliphatic heterocycles. The van der Waals surface area contributed by atoms with E-state index in [1.807, 2.05) is 53.4 Å². The molecule has 1 amide bonds. The molecule has 1 fully saturated rings. The van der Waals surface area contributed by atoms with Crippen molar-refractivity contribution >= 4 is 16.8 Å². The Kier molecular flexibility index (Phi) is 3.97. The first-order valence-corrected chi connectivity index (χ1v) is 8.24. The summed E-state index contributed by atoms with van der Waals surface area (Å²) in [5, 5.41) is 4.39. The van der Waals surface area contributed by atoms with Crippen molar-refractivity contribution in [1.82, 2.24) is 15.2 Å². The van der Waals surface area contributed by atoms with Crippen molar-refractivity contribution in [3.8, 4) is 0 Å². The first-order valence-electron chi connectivity index (χ1n) is 8.24. The molecule has 1 saturated heterocycles. The normalized spacial score (nSPS) is 17.8. The highest BCUT2D eigenvalue weighted by Crippen LogP contribution is 2.25. The predicted octanol–water partition coefficient (Wildman–Crippen LogP) is 3.02. The Hall–Kier alpha value is -2.72. The third-order valence-electron chi connectivity index (χ3n) is 4.54. The molecule has 1 aliphatic rings. The van der Waals surface area contributed by atoms with Crippen molar-refractivity contribution in [1.29, 1.82) is 0 Å². The molecule has 4 rings (SSSR count). The number of carbonyl (C=O) groups is 1. The molecule has 2 aromatic carbocycles. The fourth-order valence-corrected chi connectivity index (χ4v) is 3.29. The number of rotatable bonds is 2. The molecule has 3 aromatic rings. The number of fused-ring (bicyclic) bond motifs is 1. The molecule has 2 heterocycles. The van der Waals surface area contributed by atoms with E-state index in [0.29, 0.717) is 6.54 Å². The Morgan fingerprint density at radius 2 is 1.96 bits per heavy atom. The van der Waals surface area contributed by atoms with Crippen LogP contribution in [0.2, 0.25) is 0 Å². The van der Waals surface area contributed by atoms with E-state index in [0.717, 1.165) is 29.6 Å². The number of carbonyl (C=O) groups excluding carboxylic acids is 1. The number of piperazine rings is 1. The second-order valence-electron chi connectivity index (χ2n) is 6.04. The van der Waals surface area contributed by atoms with Gasteiger partial charge in [0.2, 0.25) is 0 Å². The average Bonchev–Trinajstić information content (AvgIpc) is 2.68. The van der Waals surface area contributed by atoms with Crippen LogP contribution in [0, 0.1) is 0 Å². The van der Waals surface area contributed by atoms with Gasteiger partial charge in [0.1, 0.15) is 0 Å². The Labute approximate surface area is 141 Å². The molecule has 120 valence electrons. The zero-order chi connectivity index (χ0) is 16.4. The van der Waals surface area contributed by atoms with Crippen molar-refractivity contribution in [2.45, 2.75) is 6.04 Å². The summed E-state index contributed by atoms with van der Waals surface area (Å²) in [6.07, 6.45) is 1.77. The largest absolute Gasteiger partial charge is 0.329 e. The van der Waals surface area contributed by atoms with Gasteiger partial charge in [0.05, 0.1) is 11.6 Å². The van der Waals surface area contributed by atoms with Gasteiger partial charge >= 0.3 is 0 Å². The third-order valence-corrected chi connectivity index (χ3v) is 4.54. The monoisotopic (exact) mass is 317 g/mol. The molecule has 0 spiro atoms. The molecular weight excluding hydrogens is 298 g/mol. The van der Waals surface area contributed by atoms with Gasteiger partial charge in [-0.25, -0.2) is 0 Å². The smallest absolute Gasteiger partial charge is 0.254 e. The molecule has 1 atom stereocenters. The molecular formula is C20H19N3O. The highest BCUT2D eigenvalue weighted by molar-refractivity contribution is 5.98. The average molecular weight is 317 g/mol. The van der Waals surface area contributed by atoms with Crippen LogP contribution in [0.4, 0.5) is 0 Å². The molecule has 0 saturated carbocycles. The minimum absolute atomic E-state index is 0.0667. The molecule has 0 radical (unpaired) electrons. The summed E-state index contributed by atoms with van der Waals surface area (Å²) in [6, 6.07) is 19.9. The lowest BCUT2D eigenvalue weighted by Crippen LogP contribution is -2.48. The molecule has 0 bridgehead atoms. The van der Waals surface area contributed by atoms with E-state index in [-0.39, 0.29) is 11.9 Å². The standard InChI is InChI=1S/C20H19N3O/c24-20(17-8-9-18-16(13-17)7-4-10-22-18)23-12-11-21-14-19(23)15-5-2-1-3-6-15/h1-10,13,19,21H,11-12,14H2/t19-/m1/s1. The number of hydrogen-bond donors (Lipinski definition) is 1. The summed E-state index contributed by atoms with van der Waals surface area (Å²) in [7, 11) is 0. The van der Waals surface area contributed by atoms with E-state index < -0.39 is 0 Å². The van der Waals surface area contributed by atoms with Gasteiger partial charge < -0.3 is 10.2 Å². The van der Waals surface area contributed by atoms with Gasteiger partial charge in [0.15, 0.2) is 0 Å². The van der Waals surface area contributed by atoms with Crippen LogP contribution >= 0.6 is 0 Å². The van der Waals surface area contributed by atoms with Crippen LogP contribution in [0.25, 0.3) is 10.9 Å². The number of benzene rings is 2. The second-order valence-corrected chi connectivity index (χ2v) is 6.04. The van der Waals surface area contributed by atoms with Crippen molar-refractivity contribution in [2.24, 2.45) is 0 Å². The quantitative estimate of drug-likeness (QED) is 0.790. The van der Waals surface area contributed by atoms with E-state index in [4.69, 9.17) is 0 Å². The van der Waals surface area contributed by atoms with Crippen molar-refractivity contribution in [3.63, 3.8) is 0 Å². The van der Waals surface area contributed by atoms with Crippen LogP contribution in [0.3, 0.4) is 0 Å². The summed E-state index contributed by atoms with van der Waals surface area (Å²) in [4.78, 5) is 19.4. The lowest BCUT2D eigenvalue weighted by Gasteiger charge is -2.36. The summed E-state index contributed by atoms with van der Waals surface area (Å²) >= 11 is 0. The van der Waals surface area contributed by atoms with Gasteiger partial charge in [-0.05, 0) is 29.8 Å². The number of amides is 1. The Morgan fingerprint density at radius 3 is 2.83 bits per heavy atom. The second kappa shape index (κ2) is 6.42. The van der Waals surface area contributed by atoms with E-state index in [1.165, 1.54) is 5.56 Å². The van der Waals surface area contributed by atoms with Crippen LogP contribution in [-0.4, -0.2) is 35.4 Å². The van der Waals surface area contributed by atoms with Crippen molar-refractivity contribution < 1.29 is 4.79 Å². The number of hydrogen-bond acceptors (Lipinski definition) is 3. The number of pyridine rings is 1. The Morgan fingerprint density at radius 1 is 1.08 bits per heavy atom. The van der Waals surface area contributed by atoms with Crippen molar-refractivity contribution in [2.75, 3.05) is 19.6 Å². The van der Waals surface area contributed by atoms with Crippen LogP contribution in [0.5, 0.6) is 0 Å². The minimum Gasteiger partial charge on any atom is -0.329 e. The lowest BCUT2D eigenvalue weighted by molar-refractivity contribution is 0.0634. The first-order chi connectivity index (χ1) is 11.8. The zero-order valence-electron chi connectivity index (χ0n) is 13.4. The third kappa shape index (κ3) is 2.76. The first kappa shape index (κ1) is 14.8. The molecule has 1 aromatic heterocycles. The van der Waals surface area contributed by atoms with E-state index in [9.17, 15) is 4.79 Å². The molecule has 4 heteroatoms. The van der Waals surface area contributed by atoms with E-state index >= 15 is 0 Å². The molecule has 0 unspecified atom stereocenters. The topological polar surface area (TPSA) is 45.2 Å². The van der Waals surface area contributed by atoms with Gasteiger partial charge in [-0.15, -0.1) is 0 Å². The number of aromatic nitrogens is 1. The summed E-state index contributed by atoms with van der Waals surface area (Å²) < 4.78 is 0. The van der Waals surface area contributed by atoms with E-state index in [1.54, 1.807) is 6.20 Å². The maximum atomic E-state index is 13.1. The summed E-state index contributed by atoms with van der Waals surface area (Å²) in [5.74, 6) is 0.0797. The van der Waals surface area contributed by atoms with Crippen molar-refractivity contribution in [3.05, 3.63) is 78.0 Å². The minimum atomic E-state index is 0.0667. The van der Waals surface area contributed by atoms with Gasteiger partial charge in [-0.2, -0.15) is 0 Å². The lowest BCUT2D eigenvalue weighted by atomic mass is 10.0. The Bertz CT molecular complexity index is 863. The SMILES string of the molecule is O=C(c1ccc2ncccc2c1)N1CCNC[C@@H]1c1ccccc1. The highest BCUT2D eigenvalue weighted by atomic mass is 16.2. The summed E-state index contributed by atoms with van der Waals surface area (Å²) in [6.45, 7) is 2.32. The zero-order valence-corrected chi connectivity index (χ0v) is 13.4. The molecule has 24 heavy (non-hydrogen) atoms. The van der Waals surface area contributed by atoms with Gasteiger partial charge in [-0.1, -0.05) is 36.4 Å². The fraction of sp³-hybridized carbons (Fsp3) is 0.200. The van der Waals surface area contributed by atoms with Crippen LogP contribution < -0.4 is 5.32 Å². The van der Waals surface area contributed by atoms with Crippen LogP contribution in [0.15, 0.2) is 66.9 Å². The number of nitrogens with zero attached hydrogens (tertiary/aromatic N) is 2. The fourth-order valence-electron chi connectivity index (χ4n) is 3.29. The predicted molar refractivity (Wildman–Crippen MR) is 94.8 cm³/mol. The van der Waals surface area contributed by atoms with Gasteiger partial charge in [0.25, 0.3) is 5.91 Å². The van der Waals surface area contributed by atoms with Gasteiger partial charge in [-0.3, -0.25) is 9.78 Å². The number of nitrogens with one attached hydrogen (secondary N) is 1. The van der Waals surface area contributed by atoms with Crippen LogP contribution in [0.1, 0.15) is 22.0 Å².